The summed E-state index contributed by atoms with van der Waals surface area (Å²) in [6.45, 7) is 14.6. The molecule has 6 aromatic rings. The number of nitrogens with zero attached hydrogens (tertiary/aromatic N) is 2. The molecule has 722 valence electrons. The topological polar surface area (TPSA) is 578 Å². The fourth-order valence-corrected chi connectivity index (χ4v) is 16.2. The van der Waals surface area contributed by atoms with E-state index in [0.29, 0.717) is 39.4 Å². The molecule has 134 heavy (non-hydrogen) atoms. The lowest BCUT2D eigenvalue weighted by Gasteiger charge is -2.34. The molecule has 0 unspecified atom stereocenters. The summed E-state index contributed by atoms with van der Waals surface area (Å²) in [5, 5.41) is 55.2. The number of H-pyrrole nitrogens is 1. The van der Waals surface area contributed by atoms with Gasteiger partial charge in [-0.2, -0.15) is 0 Å². The summed E-state index contributed by atoms with van der Waals surface area (Å²) in [6.07, 6.45) is -1.89. The van der Waals surface area contributed by atoms with Gasteiger partial charge in [-0.25, -0.2) is 4.39 Å². The number of hydrogen-bond acceptors (Lipinski definition) is 20. The van der Waals surface area contributed by atoms with Crippen molar-refractivity contribution in [3.05, 3.63) is 168 Å². The first-order chi connectivity index (χ1) is 63.5. The number of amides is 17. The van der Waals surface area contributed by atoms with Crippen LogP contribution in [0.15, 0.2) is 140 Å². The van der Waals surface area contributed by atoms with E-state index in [4.69, 9.17) is 11.5 Å². The van der Waals surface area contributed by atoms with Crippen LogP contribution in [0.1, 0.15) is 130 Å². The van der Waals surface area contributed by atoms with E-state index in [1.807, 2.05) is 30.3 Å². The number of thioether (sulfide) groups is 1. The molecule has 0 radical (unpaired) electrons. The molecule has 2 fully saturated rings. The van der Waals surface area contributed by atoms with Gasteiger partial charge in [0.15, 0.2) is 0 Å². The zero-order valence-corrected chi connectivity index (χ0v) is 77.5. The normalized spacial score (nSPS) is 23.9. The van der Waals surface area contributed by atoms with Crippen molar-refractivity contribution < 1.29 is 101 Å². The predicted octanol–water partition coefficient (Wildman–Crippen LogP) is 0.383. The summed E-state index contributed by atoms with van der Waals surface area (Å²) in [5.41, 5.74) is 14.9. The SMILES string of the molecule is CC(C)C[C@@H]1NC(=O)[C@H](Cc2c[nH]c3ccccc23)NC(=O)[C@H](CC(=O)O)NC(=O)[C@H](Cc2cccc(F)c2)NC(=O)[C@H](Cc2ccccc2)NC(=O)CSC[C@@H](C(=O)N[C@@H](C)C(N)=O)NC(=O)[C@H](CO)NC(=O)[C@H](C(C)C)NC(=O)[C@H](CC(C)C)NC(=O)[C@H](CC(N)=O)NC(=O)[C@H]2CCCN2C(=O)[C@H](C)N(C)C(=O)[C@H](C(C)C)NC(=O)[C@H](Cc2ccc(-c3ccccc3)cc2)NC1=O. The lowest BCUT2D eigenvalue weighted by atomic mass is 9.97. The Morgan fingerprint density at radius 2 is 0.940 bits per heavy atom. The number of carbonyl (C=O) groups is 18. The Hall–Kier alpha value is -13.7. The number of aromatic amines is 1. The maximum absolute atomic E-state index is 15.5. The number of aliphatic carboxylic acids is 1. The first kappa shape index (κ1) is 106. The van der Waals surface area contributed by atoms with Crippen molar-refractivity contribution in [1.29, 1.82) is 0 Å². The van der Waals surface area contributed by atoms with Gasteiger partial charge >= 0.3 is 5.97 Å². The number of primary amides is 2. The van der Waals surface area contributed by atoms with E-state index in [1.54, 1.807) is 127 Å². The quantitative estimate of drug-likeness (QED) is 0.0412. The van der Waals surface area contributed by atoms with Crippen molar-refractivity contribution in [2.24, 2.45) is 35.1 Å². The van der Waals surface area contributed by atoms with Crippen molar-refractivity contribution >= 4 is 129 Å². The number of nitrogens with one attached hydrogen (secondary N) is 14. The molecule has 5 aromatic carbocycles. The summed E-state index contributed by atoms with van der Waals surface area (Å²) in [5.74, 6) is -23.3. The van der Waals surface area contributed by atoms with Gasteiger partial charge < -0.3 is 106 Å². The standard InChI is InChI=1S/C94H123FN18O20S/c1-49(2)36-64-81(120)103-67(40-56-31-33-59(34-32-56)58-25-16-13-17-26-58)88(127)111-79(52(7)8)94(133)112(11)54(10)93(132)113-35-21-30-74(113)91(130)107-70(43-75(96)115)85(124)102-65(37-50(3)4)87(126)110-78(51(5)6)92(131)108-72(46-114)89(128)109-73(90(129)99-53(9)80(97)119)47-134-48-76(116)100-66(39-55-22-14-12-15-23-55)82(121)104-68(41-57-24-20-27-61(95)38-57)83(122)106-71(44-77(117)118)86(125)105-69(84(123)101-64)42-60-45-98-63-29-19-18-28-62(60)63/h12-20,22-29,31-34,38,45,49-54,64-74,78-79,98,114H,21,30,35-37,39-44,46-48H2,1-11H3,(H2,96,115)(H2,97,119)(H,99,129)(H,100,116)(H,101,123)(H,102,124)(H,103,120)(H,104,121)(H,105,125)(H,106,122)(H,107,130)(H,108,131)(H,109,128)(H,110,126)(H,111,127)(H,117,118)/t53-,54-,64-,65-,66-,67-,68-,69-,70-,71-,72-,73-,74+,78-,79-/m0/s1. The molecule has 15 atom stereocenters. The molecule has 0 bridgehead atoms. The van der Waals surface area contributed by atoms with Crippen LogP contribution < -0.4 is 80.6 Å². The largest absolute Gasteiger partial charge is 0.481 e. The van der Waals surface area contributed by atoms with Crippen LogP contribution in [0.3, 0.4) is 0 Å². The summed E-state index contributed by atoms with van der Waals surface area (Å²) in [4.78, 5) is 266. The molecule has 2 saturated heterocycles. The number of aromatic nitrogens is 1. The molecule has 1 aromatic heterocycles. The van der Waals surface area contributed by atoms with E-state index in [0.717, 1.165) is 28.2 Å². The van der Waals surface area contributed by atoms with Crippen LogP contribution in [0.25, 0.3) is 22.0 Å². The molecule has 2 aliphatic heterocycles. The number of carboxylic acid groups (broad SMARTS) is 1. The molecule has 0 saturated carbocycles. The van der Waals surface area contributed by atoms with Crippen molar-refractivity contribution in [2.75, 3.05) is 31.7 Å². The van der Waals surface area contributed by atoms with Gasteiger partial charge in [0.1, 0.15) is 96.4 Å². The molecule has 0 aliphatic carbocycles. The zero-order chi connectivity index (χ0) is 98.5. The van der Waals surface area contributed by atoms with E-state index < -0.39 is 258 Å². The summed E-state index contributed by atoms with van der Waals surface area (Å²) in [7, 11) is 1.30. The molecule has 2 aliphatic rings. The van der Waals surface area contributed by atoms with E-state index in [9.17, 15) is 63.0 Å². The lowest BCUT2D eigenvalue weighted by Crippen LogP contribution is -2.62. The highest BCUT2D eigenvalue weighted by atomic mass is 32.2. The minimum absolute atomic E-state index is 0.0167. The van der Waals surface area contributed by atoms with Gasteiger partial charge in [-0.15, -0.1) is 11.8 Å². The second kappa shape index (κ2) is 50.3. The van der Waals surface area contributed by atoms with Gasteiger partial charge in [-0.1, -0.05) is 171 Å². The summed E-state index contributed by atoms with van der Waals surface area (Å²) < 4.78 is 15.1. The van der Waals surface area contributed by atoms with Gasteiger partial charge in [0.2, 0.25) is 100 Å². The number of carbonyl (C=O) groups excluding carboxylic acids is 17. The minimum atomic E-state index is -2.10. The number of rotatable bonds is 23. The smallest absolute Gasteiger partial charge is 0.305 e. The van der Waals surface area contributed by atoms with Crippen LogP contribution in [-0.4, -0.2) is 254 Å². The third-order valence-corrected chi connectivity index (χ3v) is 23.9. The zero-order valence-electron chi connectivity index (χ0n) is 76.7. The Kier molecular flexibility index (Phi) is 39.6. The molecule has 17 amide bonds. The molecule has 3 heterocycles. The molecule has 8 rings (SSSR count). The fourth-order valence-electron chi connectivity index (χ4n) is 15.4. The van der Waals surface area contributed by atoms with Crippen LogP contribution in [0.4, 0.5) is 4.39 Å². The molecular formula is C94H123FN18O20S. The number of benzene rings is 5. The maximum atomic E-state index is 15.5. The van der Waals surface area contributed by atoms with E-state index in [-0.39, 0.29) is 63.0 Å². The molecular weight excluding hydrogens is 1750 g/mol. The highest BCUT2D eigenvalue weighted by molar-refractivity contribution is 8.00. The van der Waals surface area contributed by atoms with Crippen molar-refractivity contribution in [3.8, 4) is 11.1 Å². The van der Waals surface area contributed by atoms with E-state index in [1.165, 1.54) is 51.8 Å². The maximum Gasteiger partial charge on any atom is 0.305 e. The highest BCUT2D eigenvalue weighted by Crippen LogP contribution is 2.26. The average molecular weight is 1880 g/mol. The Morgan fingerprint density at radius 1 is 0.485 bits per heavy atom. The lowest BCUT2D eigenvalue weighted by molar-refractivity contribution is -0.148. The van der Waals surface area contributed by atoms with Crippen LogP contribution in [0.5, 0.6) is 0 Å². The number of halogens is 1. The predicted molar refractivity (Wildman–Crippen MR) is 494 cm³/mol. The molecule has 40 heteroatoms. The average Bonchev–Trinajstić information content (AvgIpc) is 1.67. The van der Waals surface area contributed by atoms with Crippen molar-refractivity contribution in [1.82, 2.24) is 83.9 Å². The summed E-state index contributed by atoms with van der Waals surface area (Å²) in [6, 6.07) is 11.9. The highest BCUT2D eigenvalue weighted by Gasteiger charge is 2.44. The number of carboxylic acids is 1. The first-order valence-electron chi connectivity index (χ1n) is 44.5. The number of hydrogen-bond donors (Lipinski definition) is 18. The second-order valence-electron chi connectivity index (χ2n) is 35.2. The third-order valence-electron chi connectivity index (χ3n) is 22.8. The van der Waals surface area contributed by atoms with E-state index >= 15 is 38.0 Å². The number of likely N-dealkylation sites (N-methyl/N-ethyl adjacent to an activating group) is 1. The Balaban J connectivity index is 1.20. The van der Waals surface area contributed by atoms with Crippen molar-refractivity contribution in [3.63, 3.8) is 0 Å². The number of fused-ring (bicyclic) bond motifs is 2. The number of aliphatic hydroxyl groups is 1. The van der Waals surface area contributed by atoms with E-state index in [2.05, 4.69) is 74.1 Å². The van der Waals surface area contributed by atoms with Crippen molar-refractivity contribution in [2.45, 2.75) is 224 Å². The van der Waals surface area contributed by atoms with Crippen LogP contribution in [0, 0.1) is 29.5 Å². The van der Waals surface area contributed by atoms with Gasteiger partial charge in [0.25, 0.3) is 0 Å². The van der Waals surface area contributed by atoms with Crippen LogP contribution in [0.2, 0.25) is 0 Å². The Bertz CT molecular complexity index is 5200. The van der Waals surface area contributed by atoms with Gasteiger partial charge in [-0.05, 0) is 115 Å². The number of para-hydroxylation sites is 1. The van der Waals surface area contributed by atoms with Gasteiger partial charge in [0.05, 0.1) is 25.2 Å². The summed E-state index contributed by atoms with van der Waals surface area (Å²) >= 11 is 0.691. The fraction of sp³-hybridized carbons (Fsp3) is 0.468. The first-order valence-corrected chi connectivity index (χ1v) is 45.6. The molecule has 38 nitrogen and oxygen atoms in total. The Morgan fingerprint density at radius 3 is 1.49 bits per heavy atom. The number of aliphatic hydroxyl groups excluding tert-OH is 1. The Labute approximate surface area is 779 Å². The second-order valence-corrected chi connectivity index (χ2v) is 36.2. The minimum Gasteiger partial charge on any atom is -0.481 e. The monoisotopic (exact) mass is 1870 g/mol. The number of nitrogens with two attached hydrogens (primary N) is 2. The third kappa shape index (κ3) is 31.3. The van der Waals surface area contributed by atoms with Gasteiger partial charge in [-0.3, -0.25) is 86.3 Å². The van der Waals surface area contributed by atoms with Crippen LogP contribution >= 0.6 is 11.8 Å². The van der Waals surface area contributed by atoms with Crippen LogP contribution in [-0.2, 0) is 112 Å². The molecule has 20 N–H and O–H groups in total. The molecule has 0 spiro atoms. The van der Waals surface area contributed by atoms with Gasteiger partial charge in [0, 0.05) is 62.1 Å².